The van der Waals surface area contributed by atoms with Gasteiger partial charge in [0.1, 0.15) is 0 Å². The fourth-order valence-electron chi connectivity index (χ4n) is 2.80. The van der Waals surface area contributed by atoms with Crippen molar-refractivity contribution in [2.24, 2.45) is 5.92 Å². The molecule has 1 unspecified atom stereocenters. The SMILES string of the molecule is COC(=O)c1ccccc1NC(=O)C1CCCN(CCC#N)C1. The van der Waals surface area contributed by atoms with Crippen LogP contribution in [0.5, 0.6) is 0 Å². The highest BCUT2D eigenvalue weighted by atomic mass is 16.5. The Balaban J connectivity index is 2.02. The third-order valence-corrected chi connectivity index (χ3v) is 4.01. The molecule has 1 aromatic rings. The number of nitrogens with one attached hydrogen (secondary N) is 1. The molecule has 1 aromatic carbocycles. The number of piperidine rings is 1. The van der Waals surface area contributed by atoms with Gasteiger partial charge in [-0.2, -0.15) is 5.26 Å². The Morgan fingerprint density at radius 3 is 2.96 bits per heavy atom. The maximum absolute atomic E-state index is 12.5. The molecule has 1 atom stereocenters. The molecule has 6 nitrogen and oxygen atoms in total. The van der Waals surface area contributed by atoms with Crippen molar-refractivity contribution in [2.45, 2.75) is 19.3 Å². The van der Waals surface area contributed by atoms with E-state index < -0.39 is 5.97 Å². The normalized spacial score (nSPS) is 18.0. The second-order valence-corrected chi connectivity index (χ2v) is 5.57. The number of methoxy groups -OCH3 is 1. The Labute approximate surface area is 136 Å². The lowest BCUT2D eigenvalue weighted by Gasteiger charge is -2.31. The third-order valence-electron chi connectivity index (χ3n) is 4.01. The zero-order valence-electron chi connectivity index (χ0n) is 13.2. The molecule has 1 aliphatic heterocycles. The van der Waals surface area contributed by atoms with E-state index >= 15 is 0 Å². The molecule has 1 saturated heterocycles. The zero-order valence-corrected chi connectivity index (χ0v) is 13.2. The molecule has 0 aliphatic carbocycles. The minimum Gasteiger partial charge on any atom is -0.465 e. The lowest BCUT2D eigenvalue weighted by atomic mass is 9.96. The van der Waals surface area contributed by atoms with E-state index in [9.17, 15) is 9.59 Å². The molecular formula is C17H21N3O3. The quantitative estimate of drug-likeness (QED) is 0.841. The van der Waals surface area contributed by atoms with Gasteiger partial charge in [-0.25, -0.2) is 4.79 Å². The Hall–Kier alpha value is -2.39. The number of amides is 1. The number of esters is 1. The van der Waals surface area contributed by atoms with Crippen LogP contribution in [0, 0.1) is 17.2 Å². The second kappa shape index (κ2) is 8.30. The van der Waals surface area contributed by atoms with Gasteiger partial charge in [0, 0.05) is 19.5 Å². The zero-order chi connectivity index (χ0) is 16.7. The number of nitriles is 1. The summed E-state index contributed by atoms with van der Waals surface area (Å²) in [6.45, 7) is 2.26. The van der Waals surface area contributed by atoms with Gasteiger partial charge >= 0.3 is 5.97 Å². The summed E-state index contributed by atoms with van der Waals surface area (Å²) in [6, 6.07) is 8.95. The van der Waals surface area contributed by atoms with Gasteiger partial charge in [0.15, 0.2) is 0 Å². The number of benzene rings is 1. The van der Waals surface area contributed by atoms with E-state index in [-0.39, 0.29) is 11.8 Å². The number of likely N-dealkylation sites (tertiary alicyclic amines) is 1. The van der Waals surface area contributed by atoms with Crippen LogP contribution in [0.4, 0.5) is 5.69 Å². The van der Waals surface area contributed by atoms with Crippen LogP contribution < -0.4 is 5.32 Å². The number of hydrogen-bond acceptors (Lipinski definition) is 5. The first kappa shape index (κ1) is 17.0. The minimum atomic E-state index is -0.472. The number of para-hydroxylation sites is 1. The first-order valence-electron chi connectivity index (χ1n) is 7.73. The number of anilines is 1. The van der Waals surface area contributed by atoms with Gasteiger partial charge in [-0.05, 0) is 31.5 Å². The van der Waals surface area contributed by atoms with Crippen LogP contribution in [0.25, 0.3) is 0 Å². The van der Waals surface area contributed by atoms with Crippen molar-refractivity contribution in [2.75, 3.05) is 32.1 Å². The molecular weight excluding hydrogens is 294 g/mol. The Bertz CT molecular complexity index is 609. The smallest absolute Gasteiger partial charge is 0.339 e. The number of hydrogen-bond donors (Lipinski definition) is 1. The first-order valence-corrected chi connectivity index (χ1v) is 7.73. The van der Waals surface area contributed by atoms with Crippen LogP contribution in [0.3, 0.4) is 0 Å². The minimum absolute atomic E-state index is 0.0944. The number of carbonyl (C=O) groups excluding carboxylic acids is 2. The number of nitrogens with zero attached hydrogens (tertiary/aromatic N) is 2. The van der Waals surface area contributed by atoms with Crippen molar-refractivity contribution in [1.82, 2.24) is 4.90 Å². The molecule has 1 heterocycles. The van der Waals surface area contributed by atoms with E-state index in [0.29, 0.717) is 30.8 Å². The first-order chi connectivity index (χ1) is 11.2. The summed E-state index contributed by atoms with van der Waals surface area (Å²) in [5.74, 6) is -0.698. The van der Waals surface area contributed by atoms with Crippen molar-refractivity contribution < 1.29 is 14.3 Å². The molecule has 0 saturated carbocycles. The predicted molar refractivity (Wildman–Crippen MR) is 85.8 cm³/mol. The summed E-state index contributed by atoms with van der Waals surface area (Å²) in [5, 5.41) is 11.5. The van der Waals surface area contributed by atoms with Crippen LogP contribution in [-0.2, 0) is 9.53 Å². The van der Waals surface area contributed by atoms with Crippen molar-refractivity contribution in [3.05, 3.63) is 29.8 Å². The molecule has 2 rings (SSSR count). The van der Waals surface area contributed by atoms with Crippen molar-refractivity contribution in [1.29, 1.82) is 5.26 Å². The molecule has 122 valence electrons. The highest BCUT2D eigenvalue weighted by Crippen LogP contribution is 2.21. The van der Waals surface area contributed by atoms with Crippen molar-refractivity contribution >= 4 is 17.6 Å². The molecule has 1 N–H and O–H groups in total. The molecule has 1 aliphatic rings. The van der Waals surface area contributed by atoms with Gasteiger partial charge in [0.2, 0.25) is 5.91 Å². The summed E-state index contributed by atoms with van der Waals surface area (Å²) in [6.07, 6.45) is 2.22. The fraction of sp³-hybridized carbons (Fsp3) is 0.471. The standard InChI is InChI=1S/C17H21N3O3/c1-23-17(22)14-7-2-3-8-15(14)19-16(21)13-6-4-10-20(12-13)11-5-9-18/h2-3,7-8,13H,4-6,10-12H2,1H3,(H,19,21). The van der Waals surface area contributed by atoms with Gasteiger partial charge < -0.3 is 15.0 Å². The van der Waals surface area contributed by atoms with Crippen LogP contribution in [0.1, 0.15) is 29.6 Å². The van der Waals surface area contributed by atoms with E-state index in [2.05, 4.69) is 16.3 Å². The fourth-order valence-corrected chi connectivity index (χ4v) is 2.80. The second-order valence-electron chi connectivity index (χ2n) is 5.57. The number of rotatable bonds is 5. The highest BCUT2D eigenvalue weighted by molar-refractivity contribution is 6.01. The summed E-state index contributed by atoms with van der Waals surface area (Å²) in [7, 11) is 1.31. The third kappa shape index (κ3) is 4.54. The number of carbonyl (C=O) groups is 2. The van der Waals surface area contributed by atoms with E-state index in [4.69, 9.17) is 10.00 Å². The summed E-state index contributed by atoms with van der Waals surface area (Å²) in [4.78, 5) is 26.4. The monoisotopic (exact) mass is 315 g/mol. The van der Waals surface area contributed by atoms with Gasteiger partial charge in [-0.15, -0.1) is 0 Å². The average molecular weight is 315 g/mol. The van der Waals surface area contributed by atoms with Crippen molar-refractivity contribution in [3.8, 4) is 6.07 Å². The van der Waals surface area contributed by atoms with Crippen LogP contribution >= 0.6 is 0 Å². The molecule has 1 amide bonds. The van der Waals surface area contributed by atoms with E-state index in [1.807, 2.05) is 0 Å². The Morgan fingerprint density at radius 1 is 1.43 bits per heavy atom. The molecule has 0 bridgehead atoms. The largest absolute Gasteiger partial charge is 0.465 e. The van der Waals surface area contributed by atoms with Crippen LogP contribution in [0.15, 0.2) is 24.3 Å². The predicted octanol–water partition coefficient (Wildman–Crippen LogP) is 2.04. The van der Waals surface area contributed by atoms with E-state index in [1.54, 1.807) is 24.3 Å². The van der Waals surface area contributed by atoms with Crippen LogP contribution in [-0.4, -0.2) is 43.5 Å². The van der Waals surface area contributed by atoms with Gasteiger partial charge in [0.05, 0.1) is 30.3 Å². The topological polar surface area (TPSA) is 82.4 Å². The van der Waals surface area contributed by atoms with Gasteiger partial charge in [-0.1, -0.05) is 12.1 Å². The molecule has 0 radical (unpaired) electrons. The molecule has 0 aromatic heterocycles. The summed E-state index contributed by atoms with van der Waals surface area (Å²) < 4.78 is 4.74. The maximum Gasteiger partial charge on any atom is 0.339 e. The number of ether oxygens (including phenoxy) is 1. The van der Waals surface area contributed by atoms with E-state index in [1.165, 1.54) is 7.11 Å². The summed E-state index contributed by atoms with van der Waals surface area (Å²) in [5.41, 5.74) is 0.819. The maximum atomic E-state index is 12.5. The van der Waals surface area contributed by atoms with E-state index in [0.717, 1.165) is 19.4 Å². The molecule has 1 fully saturated rings. The Morgan fingerprint density at radius 2 is 2.22 bits per heavy atom. The highest BCUT2D eigenvalue weighted by Gasteiger charge is 2.26. The lowest BCUT2D eigenvalue weighted by Crippen LogP contribution is -2.41. The summed E-state index contributed by atoms with van der Waals surface area (Å²) >= 11 is 0. The Kier molecular flexibility index (Phi) is 6.12. The van der Waals surface area contributed by atoms with Crippen molar-refractivity contribution in [3.63, 3.8) is 0 Å². The molecule has 6 heteroatoms. The lowest BCUT2D eigenvalue weighted by molar-refractivity contribution is -0.121. The average Bonchev–Trinajstić information content (AvgIpc) is 2.60. The van der Waals surface area contributed by atoms with Crippen LogP contribution in [0.2, 0.25) is 0 Å². The van der Waals surface area contributed by atoms with Gasteiger partial charge in [0.25, 0.3) is 0 Å². The molecule has 23 heavy (non-hydrogen) atoms. The molecule has 0 spiro atoms. The van der Waals surface area contributed by atoms with Gasteiger partial charge in [-0.3, -0.25) is 4.79 Å².